The van der Waals surface area contributed by atoms with Crippen LogP contribution in [0.1, 0.15) is 47.4 Å². The normalized spacial score (nSPS) is 17.3. The first-order valence-electron chi connectivity index (χ1n) is 12.7. The van der Waals surface area contributed by atoms with Gasteiger partial charge in [0, 0.05) is 38.4 Å². The Labute approximate surface area is 258 Å². The molecule has 1 heterocycles. The predicted octanol–water partition coefficient (Wildman–Crippen LogP) is 9.51. The molecule has 0 aromatic heterocycles. The minimum Gasteiger partial charge on any atom is -0.384 e. The van der Waals surface area contributed by atoms with Gasteiger partial charge in [-0.1, -0.05) is 64.1 Å². The Morgan fingerprint density at radius 2 is 1.73 bits per heavy atom. The van der Waals surface area contributed by atoms with E-state index in [4.69, 9.17) is 52.1 Å². The average Bonchev–Trinajstić information content (AvgIpc) is 2.91. The standard InChI is InChI=1S/C31H25Cl4N3OS/c1-16-10-18(15-40-28-13-20(33)6-8-23(28)34)17(2)21(11-16)29-22(14-36)31(37)38(25-9-7-19(32)12-24(25)35)26-4-3-5-27(39)30(26)29/h6-13,29H,3-5,15,37H2,1-2H3. The number of Topliss-reactive ketones (excluding diaryl/α,β-unsaturated/α-hetero) is 1. The number of nitrogens with zero attached hydrogens (tertiary/aromatic N) is 2. The van der Waals surface area contributed by atoms with Gasteiger partial charge in [-0.2, -0.15) is 5.26 Å². The van der Waals surface area contributed by atoms with Crippen molar-refractivity contribution in [3.05, 3.63) is 114 Å². The average molecular weight is 629 g/mol. The van der Waals surface area contributed by atoms with Crippen molar-refractivity contribution in [2.45, 2.75) is 49.7 Å². The number of allylic oxidation sites excluding steroid dienone is 3. The monoisotopic (exact) mass is 627 g/mol. The van der Waals surface area contributed by atoms with E-state index in [1.165, 1.54) is 0 Å². The van der Waals surface area contributed by atoms with E-state index in [1.807, 2.05) is 19.9 Å². The molecule has 0 saturated carbocycles. The molecule has 2 N–H and O–H groups in total. The molecule has 0 radical (unpaired) electrons. The third kappa shape index (κ3) is 5.36. The Kier molecular flexibility index (Phi) is 8.47. The SMILES string of the molecule is Cc1cc(CSc2cc(Cl)ccc2Cl)c(C)c(C2C(C#N)=C(N)N(c3ccc(Cl)cc3Cl)C3=C2C(=O)CCC3)c1. The summed E-state index contributed by atoms with van der Waals surface area (Å²) in [6.07, 6.45) is 1.74. The summed E-state index contributed by atoms with van der Waals surface area (Å²) in [6, 6.07) is 17.1. The molecule has 1 aliphatic heterocycles. The van der Waals surface area contributed by atoms with Crippen LogP contribution in [0, 0.1) is 25.2 Å². The molecule has 0 fully saturated rings. The van der Waals surface area contributed by atoms with Crippen LogP contribution in [0.15, 0.2) is 76.1 Å². The van der Waals surface area contributed by atoms with Crippen molar-refractivity contribution in [2.75, 3.05) is 4.90 Å². The van der Waals surface area contributed by atoms with Crippen LogP contribution in [0.3, 0.4) is 0 Å². The van der Waals surface area contributed by atoms with Crippen LogP contribution in [0.25, 0.3) is 0 Å². The highest BCUT2D eigenvalue weighted by atomic mass is 35.5. The van der Waals surface area contributed by atoms with Gasteiger partial charge >= 0.3 is 0 Å². The summed E-state index contributed by atoms with van der Waals surface area (Å²) in [5.74, 6) is 0.353. The van der Waals surface area contributed by atoms with Gasteiger partial charge in [0.25, 0.3) is 0 Å². The quantitative estimate of drug-likeness (QED) is 0.285. The number of hydrogen-bond donors (Lipinski definition) is 1. The fourth-order valence-corrected chi connectivity index (χ4v) is 7.53. The number of anilines is 1. The van der Waals surface area contributed by atoms with Crippen LogP contribution in [0.2, 0.25) is 20.1 Å². The maximum absolute atomic E-state index is 13.6. The highest BCUT2D eigenvalue weighted by Crippen LogP contribution is 2.49. The number of thioether (sulfide) groups is 1. The van der Waals surface area contributed by atoms with Crippen LogP contribution < -0.4 is 10.6 Å². The lowest BCUT2D eigenvalue weighted by Gasteiger charge is -2.40. The Morgan fingerprint density at radius 3 is 2.45 bits per heavy atom. The number of carbonyl (C=O) groups is 1. The smallest absolute Gasteiger partial charge is 0.161 e. The number of nitriles is 1. The molecule has 0 amide bonds. The van der Waals surface area contributed by atoms with Gasteiger partial charge in [0.2, 0.25) is 0 Å². The Balaban J connectivity index is 1.65. The van der Waals surface area contributed by atoms with Gasteiger partial charge in [-0.25, -0.2) is 0 Å². The van der Waals surface area contributed by atoms with E-state index in [2.05, 4.69) is 18.2 Å². The van der Waals surface area contributed by atoms with Gasteiger partial charge in [0.05, 0.1) is 33.3 Å². The second kappa shape index (κ2) is 11.7. The second-order valence-corrected chi connectivity index (χ2v) is 12.6. The highest BCUT2D eigenvalue weighted by Gasteiger charge is 2.41. The largest absolute Gasteiger partial charge is 0.384 e. The number of carbonyl (C=O) groups excluding carboxylic acids is 1. The highest BCUT2D eigenvalue weighted by molar-refractivity contribution is 7.98. The molecule has 204 valence electrons. The zero-order valence-corrected chi connectivity index (χ0v) is 25.7. The number of benzene rings is 3. The number of nitrogens with two attached hydrogens (primary N) is 1. The van der Waals surface area contributed by atoms with E-state index in [0.29, 0.717) is 61.9 Å². The van der Waals surface area contributed by atoms with Gasteiger partial charge < -0.3 is 5.73 Å². The van der Waals surface area contributed by atoms with Crippen molar-refractivity contribution in [3.8, 4) is 6.07 Å². The number of aryl methyl sites for hydroxylation is 1. The number of hydrogen-bond acceptors (Lipinski definition) is 5. The summed E-state index contributed by atoms with van der Waals surface area (Å²) < 4.78 is 0. The van der Waals surface area contributed by atoms with Crippen LogP contribution in [0.4, 0.5) is 5.69 Å². The molecule has 5 rings (SSSR count). The summed E-state index contributed by atoms with van der Waals surface area (Å²) >= 11 is 27.0. The number of rotatable bonds is 5. The van der Waals surface area contributed by atoms with E-state index in [9.17, 15) is 10.1 Å². The van der Waals surface area contributed by atoms with Crippen molar-refractivity contribution >= 4 is 69.6 Å². The molecule has 3 aromatic rings. The topological polar surface area (TPSA) is 70.1 Å². The third-order valence-electron chi connectivity index (χ3n) is 7.35. The zero-order chi connectivity index (χ0) is 28.7. The van der Waals surface area contributed by atoms with Crippen LogP contribution in [-0.4, -0.2) is 5.78 Å². The van der Waals surface area contributed by atoms with Crippen molar-refractivity contribution in [3.63, 3.8) is 0 Å². The van der Waals surface area contributed by atoms with Crippen molar-refractivity contribution in [1.29, 1.82) is 5.26 Å². The number of ketones is 1. The molecule has 0 saturated heterocycles. The predicted molar refractivity (Wildman–Crippen MR) is 166 cm³/mol. The van der Waals surface area contributed by atoms with Crippen LogP contribution >= 0.6 is 58.2 Å². The molecule has 9 heteroatoms. The number of halogens is 4. The molecule has 1 aliphatic carbocycles. The summed E-state index contributed by atoms with van der Waals surface area (Å²) in [6.45, 7) is 4.05. The molecule has 1 unspecified atom stereocenters. The Morgan fingerprint density at radius 1 is 1.00 bits per heavy atom. The fourth-order valence-electron chi connectivity index (χ4n) is 5.49. The lowest BCUT2D eigenvalue weighted by atomic mass is 9.73. The van der Waals surface area contributed by atoms with Crippen molar-refractivity contribution in [2.24, 2.45) is 5.73 Å². The van der Waals surface area contributed by atoms with Gasteiger partial charge in [-0.3, -0.25) is 9.69 Å². The molecular weight excluding hydrogens is 604 g/mol. The van der Waals surface area contributed by atoms with Gasteiger partial charge in [0.1, 0.15) is 5.82 Å². The minimum absolute atomic E-state index is 0.0177. The molecular formula is C31H25Cl4N3OS. The molecule has 1 atom stereocenters. The molecule has 40 heavy (non-hydrogen) atoms. The Bertz CT molecular complexity index is 1660. The first-order valence-corrected chi connectivity index (χ1v) is 15.2. The summed E-state index contributed by atoms with van der Waals surface area (Å²) in [5.41, 5.74) is 13.1. The minimum atomic E-state index is -0.575. The summed E-state index contributed by atoms with van der Waals surface area (Å²) in [5, 5.41) is 12.6. The third-order valence-corrected chi connectivity index (χ3v) is 9.67. The van der Waals surface area contributed by atoms with E-state index in [-0.39, 0.29) is 11.6 Å². The van der Waals surface area contributed by atoms with Crippen LogP contribution in [0.5, 0.6) is 0 Å². The summed E-state index contributed by atoms with van der Waals surface area (Å²) in [7, 11) is 0. The van der Waals surface area contributed by atoms with E-state index in [1.54, 1.807) is 47.0 Å². The first-order chi connectivity index (χ1) is 19.1. The van der Waals surface area contributed by atoms with E-state index < -0.39 is 5.92 Å². The lowest BCUT2D eigenvalue weighted by Crippen LogP contribution is -2.39. The first kappa shape index (κ1) is 28.9. The summed E-state index contributed by atoms with van der Waals surface area (Å²) in [4.78, 5) is 16.3. The van der Waals surface area contributed by atoms with Crippen molar-refractivity contribution in [1.82, 2.24) is 0 Å². The second-order valence-electron chi connectivity index (χ2n) is 9.91. The molecule has 2 aliphatic rings. The molecule has 4 nitrogen and oxygen atoms in total. The zero-order valence-electron chi connectivity index (χ0n) is 21.8. The Hall–Kier alpha value is -2.59. The van der Waals surface area contributed by atoms with Gasteiger partial charge in [-0.05, 0) is 79.8 Å². The fraction of sp³-hybridized carbons (Fsp3) is 0.226. The van der Waals surface area contributed by atoms with Crippen molar-refractivity contribution < 1.29 is 4.79 Å². The van der Waals surface area contributed by atoms with Gasteiger partial charge in [0.15, 0.2) is 5.78 Å². The van der Waals surface area contributed by atoms with Crippen LogP contribution in [-0.2, 0) is 10.5 Å². The lowest BCUT2D eigenvalue weighted by molar-refractivity contribution is -0.116. The molecule has 0 spiro atoms. The molecule has 3 aromatic carbocycles. The maximum atomic E-state index is 13.6. The van der Waals surface area contributed by atoms with E-state index in [0.717, 1.165) is 32.8 Å². The molecule has 0 bridgehead atoms. The maximum Gasteiger partial charge on any atom is 0.161 e. The van der Waals surface area contributed by atoms with E-state index >= 15 is 0 Å². The van der Waals surface area contributed by atoms with Gasteiger partial charge in [-0.15, -0.1) is 11.8 Å².